The molecule has 0 saturated heterocycles. The van der Waals surface area contributed by atoms with E-state index < -0.39 is 0 Å². The molecule has 0 aliphatic carbocycles. The molecule has 8 heteroatoms. The molecule has 0 bridgehead atoms. The highest BCUT2D eigenvalue weighted by atomic mass is 32.1. The van der Waals surface area contributed by atoms with Crippen LogP contribution in [-0.4, -0.2) is 28.0 Å². The number of methoxy groups -OCH3 is 1. The van der Waals surface area contributed by atoms with Crippen molar-refractivity contribution in [2.45, 2.75) is 26.8 Å². The van der Waals surface area contributed by atoms with Gasteiger partial charge < -0.3 is 15.4 Å². The number of hydrogen-bond donors (Lipinski definition) is 2. The van der Waals surface area contributed by atoms with Gasteiger partial charge in [0, 0.05) is 23.7 Å². The first kappa shape index (κ1) is 17.4. The van der Waals surface area contributed by atoms with Gasteiger partial charge in [-0.3, -0.25) is 4.68 Å². The SMILES string of the molecule is COC(=O)c1cc(C)sc1NC(=S)N[C@H](C)c1cn(C)nc1C. The number of hydrogen-bond acceptors (Lipinski definition) is 5. The van der Waals surface area contributed by atoms with Gasteiger partial charge in [-0.2, -0.15) is 5.10 Å². The Morgan fingerprint density at radius 1 is 1.48 bits per heavy atom. The molecule has 0 unspecified atom stereocenters. The summed E-state index contributed by atoms with van der Waals surface area (Å²) in [5, 5.41) is 11.8. The molecule has 2 aromatic rings. The molecule has 0 saturated carbocycles. The van der Waals surface area contributed by atoms with Crippen LogP contribution in [0.4, 0.5) is 5.00 Å². The van der Waals surface area contributed by atoms with Crippen LogP contribution in [0.25, 0.3) is 0 Å². The van der Waals surface area contributed by atoms with Crippen LogP contribution < -0.4 is 10.6 Å². The van der Waals surface area contributed by atoms with Gasteiger partial charge in [0.15, 0.2) is 5.11 Å². The fraction of sp³-hybridized carbons (Fsp3) is 0.400. The van der Waals surface area contributed by atoms with E-state index in [2.05, 4.69) is 15.7 Å². The van der Waals surface area contributed by atoms with Gasteiger partial charge in [0.05, 0.1) is 24.4 Å². The maximum atomic E-state index is 11.8. The number of thiocarbonyl (C=S) groups is 1. The Morgan fingerprint density at radius 2 is 2.17 bits per heavy atom. The number of esters is 1. The first-order chi connectivity index (χ1) is 10.8. The van der Waals surface area contributed by atoms with Crippen LogP contribution in [0.3, 0.4) is 0 Å². The normalized spacial score (nSPS) is 11.9. The lowest BCUT2D eigenvalue weighted by atomic mass is 10.1. The van der Waals surface area contributed by atoms with Crippen LogP contribution in [0.15, 0.2) is 12.3 Å². The summed E-state index contributed by atoms with van der Waals surface area (Å²) in [7, 11) is 3.25. The first-order valence-corrected chi connectivity index (χ1v) is 8.30. The Kier molecular flexibility index (Phi) is 5.38. The zero-order chi connectivity index (χ0) is 17.1. The number of nitrogens with zero attached hydrogens (tertiary/aromatic N) is 2. The molecule has 0 aliphatic heterocycles. The number of aryl methyl sites for hydroxylation is 3. The van der Waals surface area contributed by atoms with E-state index in [1.54, 1.807) is 10.7 Å². The van der Waals surface area contributed by atoms with Crippen LogP contribution in [0.2, 0.25) is 0 Å². The number of nitrogens with one attached hydrogen (secondary N) is 2. The third-order valence-corrected chi connectivity index (χ3v) is 4.54. The fourth-order valence-corrected chi connectivity index (χ4v) is 3.57. The molecule has 124 valence electrons. The molecule has 2 rings (SSSR count). The Morgan fingerprint density at radius 3 is 2.74 bits per heavy atom. The van der Waals surface area contributed by atoms with Crippen molar-refractivity contribution in [2.75, 3.05) is 12.4 Å². The molecule has 2 aromatic heterocycles. The smallest absolute Gasteiger partial charge is 0.340 e. The lowest BCUT2D eigenvalue weighted by molar-refractivity contribution is 0.0602. The molecular weight excluding hydrogens is 332 g/mol. The van der Waals surface area contributed by atoms with E-state index in [9.17, 15) is 4.79 Å². The van der Waals surface area contributed by atoms with Gasteiger partial charge in [-0.1, -0.05) is 0 Å². The number of carbonyl (C=O) groups is 1. The summed E-state index contributed by atoms with van der Waals surface area (Å²) in [5.74, 6) is -0.379. The van der Waals surface area contributed by atoms with E-state index in [-0.39, 0.29) is 12.0 Å². The number of aromatic nitrogens is 2. The van der Waals surface area contributed by atoms with E-state index in [0.717, 1.165) is 16.1 Å². The van der Waals surface area contributed by atoms with Gasteiger partial charge >= 0.3 is 5.97 Å². The molecule has 0 fully saturated rings. The van der Waals surface area contributed by atoms with Crippen molar-refractivity contribution in [2.24, 2.45) is 7.05 Å². The van der Waals surface area contributed by atoms with Crippen molar-refractivity contribution in [1.29, 1.82) is 0 Å². The van der Waals surface area contributed by atoms with Crippen LogP contribution in [-0.2, 0) is 11.8 Å². The highest BCUT2D eigenvalue weighted by molar-refractivity contribution is 7.80. The van der Waals surface area contributed by atoms with E-state index in [1.807, 2.05) is 34.0 Å². The van der Waals surface area contributed by atoms with Crippen LogP contribution >= 0.6 is 23.6 Å². The Bertz CT molecular complexity index is 736. The van der Waals surface area contributed by atoms with Crippen molar-refractivity contribution < 1.29 is 9.53 Å². The van der Waals surface area contributed by atoms with Crippen molar-refractivity contribution >= 4 is 39.6 Å². The first-order valence-electron chi connectivity index (χ1n) is 7.08. The monoisotopic (exact) mass is 352 g/mol. The van der Waals surface area contributed by atoms with Gasteiger partial charge in [-0.15, -0.1) is 11.3 Å². The fourth-order valence-electron chi connectivity index (χ4n) is 2.33. The van der Waals surface area contributed by atoms with E-state index >= 15 is 0 Å². The highest BCUT2D eigenvalue weighted by Gasteiger charge is 2.18. The van der Waals surface area contributed by atoms with E-state index in [4.69, 9.17) is 17.0 Å². The number of ether oxygens (including phenoxy) is 1. The average Bonchev–Trinajstić information content (AvgIpc) is 3.00. The molecule has 1 atom stereocenters. The maximum absolute atomic E-state index is 11.8. The second kappa shape index (κ2) is 7.10. The molecule has 0 aromatic carbocycles. The second-order valence-corrected chi connectivity index (χ2v) is 6.92. The predicted molar refractivity (Wildman–Crippen MR) is 96.1 cm³/mol. The second-order valence-electron chi connectivity index (χ2n) is 5.26. The van der Waals surface area contributed by atoms with Crippen LogP contribution in [0.1, 0.15) is 39.5 Å². The van der Waals surface area contributed by atoms with Crippen molar-refractivity contribution in [3.05, 3.63) is 34.0 Å². The molecular formula is C15H20N4O2S2. The quantitative estimate of drug-likeness (QED) is 0.651. The summed E-state index contributed by atoms with van der Waals surface area (Å²) < 4.78 is 6.57. The lowest BCUT2D eigenvalue weighted by Gasteiger charge is -2.16. The van der Waals surface area contributed by atoms with Gasteiger partial charge in [0.2, 0.25) is 0 Å². The Hall–Kier alpha value is -1.93. The lowest BCUT2D eigenvalue weighted by Crippen LogP contribution is -2.31. The largest absolute Gasteiger partial charge is 0.465 e. The summed E-state index contributed by atoms with van der Waals surface area (Å²) in [6.45, 7) is 5.90. The van der Waals surface area contributed by atoms with E-state index in [0.29, 0.717) is 15.7 Å². The number of thiophene rings is 1. The third kappa shape index (κ3) is 4.08. The van der Waals surface area contributed by atoms with Crippen molar-refractivity contribution in [3.63, 3.8) is 0 Å². The molecule has 0 aliphatic rings. The summed E-state index contributed by atoms with van der Waals surface area (Å²) in [4.78, 5) is 12.8. The Balaban J connectivity index is 2.08. The van der Waals surface area contributed by atoms with Crippen molar-refractivity contribution in [1.82, 2.24) is 15.1 Å². The predicted octanol–water partition coefficient (Wildman–Crippen LogP) is 2.93. The third-order valence-electron chi connectivity index (χ3n) is 3.35. The topological polar surface area (TPSA) is 68.2 Å². The average molecular weight is 352 g/mol. The number of carbonyl (C=O) groups excluding carboxylic acids is 1. The molecule has 2 heterocycles. The summed E-state index contributed by atoms with van der Waals surface area (Å²) in [5.41, 5.74) is 2.52. The van der Waals surface area contributed by atoms with Crippen LogP contribution in [0.5, 0.6) is 0 Å². The van der Waals surface area contributed by atoms with Gasteiger partial charge in [-0.25, -0.2) is 4.79 Å². The van der Waals surface area contributed by atoms with Gasteiger partial charge in [-0.05, 0) is 39.1 Å². The molecule has 0 spiro atoms. The van der Waals surface area contributed by atoms with Gasteiger partial charge in [0.1, 0.15) is 5.00 Å². The summed E-state index contributed by atoms with van der Waals surface area (Å²) in [6.07, 6.45) is 1.96. The van der Waals surface area contributed by atoms with Crippen molar-refractivity contribution in [3.8, 4) is 0 Å². The molecule has 6 nitrogen and oxygen atoms in total. The number of anilines is 1. The van der Waals surface area contributed by atoms with Gasteiger partial charge in [0.25, 0.3) is 0 Å². The van der Waals surface area contributed by atoms with E-state index in [1.165, 1.54) is 18.4 Å². The minimum absolute atomic E-state index is 0.00587. The highest BCUT2D eigenvalue weighted by Crippen LogP contribution is 2.28. The summed E-state index contributed by atoms with van der Waals surface area (Å²) in [6, 6.07) is 1.79. The standard InChI is InChI=1S/C15H20N4O2S2/c1-8-6-11(14(20)21-5)13(23-8)17-15(22)16-9(2)12-7-19(4)18-10(12)3/h6-7,9H,1-5H3,(H2,16,17,22)/t9-/m1/s1. The zero-order valence-corrected chi connectivity index (χ0v) is 15.4. The zero-order valence-electron chi connectivity index (χ0n) is 13.8. The molecule has 23 heavy (non-hydrogen) atoms. The number of rotatable bonds is 4. The summed E-state index contributed by atoms with van der Waals surface area (Å²) >= 11 is 6.82. The minimum Gasteiger partial charge on any atom is -0.465 e. The Labute approximate surface area is 144 Å². The minimum atomic E-state index is -0.379. The molecule has 0 amide bonds. The van der Waals surface area contributed by atoms with Crippen LogP contribution in [0, 0.1) is 13.8 Å². The molecule has 2 N–H and O–H groups in total. The molecule has 0 radical (unpaired) electrons. The maximum Gasteiger partial charge on any atom is 0.340 e.